The van der Waals surface area contributed by atoms with Crippen LogP contribution in [0.4, 0.5) is 0 Å². The molecule has 5 heteroatoms. The molecule has 1 aromatic heterocycles. The number of aryl methyl sites for hydroxylation is 2. The highest BCUT2D eigenvalue weighted by Crippen LogP contribution is 2.39. The van der Waals surface area contributed by atoms with Crippen LogP contribution in [-0.2, 0) is 13.1 Å². The van der Waals surface area contributed by atoms with Crippen molar-refractivity contribution in [1.82, 2.24) is 20.0 Å². The molecular weight excluding hydrogens is 296 g/mol. The lowest BCUT2D eigenvalue weighted by Crippen LogP contribution is -2.38. The van der Waals surface area contributed by atoms with E-state index >= 15 is 0 Å². The largest absolute Gasteiger partial charge is 0.317 e. The second-order valence-corrected chi connectivity index (χ2v) is 7.08. The van der Waals surface area contributed by atoms with Gasteiger partial charge in [0.05, 0.1) is 5.69 Å². The van der Waals surface area contributed by atoms with E-state index in [0.717, 1.165) is 19.5 Å². The minimum absolute atomic E-state index is 0. The third-order valence-electron chi connectivity index (χ3n) is 5.53. The van der Waals surface area contributed by atoms with Crippen molar-refractivity contribution in [1.29, 1.82) is 0 Å². The molecule has 126 valence electrons. The quantitative estimate of drug-likeness (QED) is 0.923. The molecule has 2 saturated heterocycles. The van der Waals surface area contributed by atoms with E-state index in [4.69, 9.17) is 5.10 Å². The van der Waals surface area contributed by atoms with Crippen LogP contribution >= 0.6 is 12.4 Å². The summed E-state index contributed by atoms with van der Waals surface area (Å²) in [7, 11) is 0. The Balaban J connectivity index is 0.00000176. The van der Waals surface area contributed by atoms with E-state index in [0.29, 0.717) is 5.41 Å². The van der Waals surface area contributed by atoms with Gasteiger partial charge in [-0.25, -0.2) is 0 Å². The predicted octanol–water partition coefficient (Wildman–Crippen LogP) is 2.91. The number of nitrogens with one attached hydrogen (secondary N) is 1. The van der Waals surface area contributed by atoms with Crippen LogP contribution in [0.15, 0.2) is 0 Å². The van der Waals surface area contributed by atoms with Crippen LogP contribution < -0.4 is 5.32 Å². The standard InChI is InChI=1S/C17H30N4.ClH/c1-4-10-21-15(3)16(14(2)19-21)12-20-11-7-17(13-20)5-8-18-9-6-17;/h18H,4-13H2,1-3H3;1H. The number of hydrogen-bond acceptors (Lipinski definition) is 3. The summed E-state index contributed by atoms with van der Waals surface area (Å²) in [5.74, 6) is 0. The van der Waals surface area contributed by atoms with Gasteiger partial charge in [0.1, 0.15) is 0 Å². The molecule has 2 aliphatic rings. The lowest BCUT2D eigenvalue weighted by molar-refractivity contribution is 0.193. The molecule has 2 aliphatic heterocycles. The Bertz CT molecular complexity index is 491. The molecule has 0 radical (unpaired) electrons. The minimum atomic E-state index is 0. The van der Waals surface area contributed by atoms with Gasteiger partial charge in [-0.3, -0.25) is 9.58 Å². The van der Waals surface area contributed by atoms with Crippen LogP contribution in [-0.4, -0.2) is 40.9 Å². The van der Waals surface area contributed by atoms with Gasteiger partial charge in [-0.05, 0) is 64.6 Å². The molecule has 4 nitrogen and oxygen atoms in total. The highest BCUT2D eigenvalue weighted by atomic mass is 35.5. The lowest BCUT2D eigenvalue weighted by Gasteiger charge is -2.34. The van der Waals surface area contributed by atoms with Gasteiger partial charge in [0, 0.05) is 30.9 Å². The van der Waals surface area contributed by atoms with E-state index in [9.17, 15) is 0 Å². The van der Waals surface area contributed by atoms with Crippen LogP contribution in [0.5, 0.6) is 0 Å². The Morgan fingerprint density at radius 2 is 1.91 bits per heavy atom. The summed E-state index contributed by atoms with van der Waals surface area (Å²) in [4.78, 5) is 2.67. The summed E-state index contributed by atoms with van der Waals surface area (Å²) < 4.78 is 2.20. The first kappa shape index (κ1) is 17.8. The molecule has 0 saturated carbocycles. The molecule has 22 heavy (non-hydrogen) atoms. The van der Waals surface area contributed by atoms with Crippen molar-refractivity contribution < 1.29 is 0 Å². The van der Waals surface area contributed by atoms with Gasteiger partial charge < -0.3 is 5.32 Å². The average Bonchev–Trinajstić information content (AvgIpc) is 2.97. The summed E-state index contributed by atoms with van der Waals surface area (Å²) in [6.07, 6.45) is 5.25. The topological polar surface area (TPSA) is 33.1 Å². The third-order valence-corrected chi connectivity index (χ3v) is 5.53. The number of nitrogens with zero attached hydrogens (tertiary/aromatic N) is 3. The SMILES string of the molecule is CCCn1nc(C)c(CN2CCC3(CCNCC3)C2)c1C.Cl. The predicted molar refractivity (Wildman–Crippen MR) is 93.7 cm³/mol. The molecular formula is C17H31ClN4. The van der Waals surface area contributed by atoms with Gasteiger partial charge >= 0.3 is 0 Å². The maximum atomic E-state index is 4.73. The Kier molecular flexibility index (Phi) is 5.92. The van der Waals surface area contributed by atoms with Crippen molar-refractivity contribution in [3.8, 4) is 0 Å². The van der Waals surface area contributed by atoms with Crippen molar-refractivity contribution in [3.63, 3.8) is 0 Å². The molecule has 2 fully saturated rings. The van der Waals surface area contributed by atoms with Crippen molar-refractivity contribution in [3.05, 3.63) is 17.0 Å². The van der Waals surface area contributed by atoms with E-state index < -0.39 is 0 Å². The Labute approximate surface area is 141 Å². The number of aromatic nitrogens is 2. The molecule has 0 aromatic carbocycles. The smallest absolute Gasteiger partial charge is 0.0641 e. The van der Waals surface area contributed by atoms with Gasteiger partial charge in [0.25, 0.3) is 0 Å². The fraction of sp³-hybridized carbons (Fsp3) is 0.824. The fourth-order valence-corrected chi connectivity index (χ4v) is 4.14. The average molecular weight is 327 g/mol. The van der Waals surface area contributed by atoms with E-state index in [1.807, 2.05) is 0 Å². The van der Waals surface area contributed by atoms with Crippen LogP contribution in [0.1, 0.15) is 49.6 Å². The Hall–Kier alpha value is -0.580. The van der Waals surface area contributed by atoms with Crippen LogP contribution in [0.2, 0.25) is 0 Å². The summed E-state index contributed by atoms with van der Waals surface area (Å²) in [6, 6.07) is 0. The van der Waals surface area contributed by atoms with Crippen molar-refractivity contribution in [2.75, 3.05) is 26.2 Å². The zero-order valence-electron chi connectivity index (χ0n) is 14.3. The molecule has 1 spiro atoms. The van der Waals surface area contributed by atoms with Gasteiger partial charge in [-0.2, -0.15) is 5.10 Å². The first-order valence-electron chi connectivity index (χ1n) is 8.59. The molecule has 0 amide bonds. The third kappa shape index (κ3) is 3.50. The minimum Gasteiger partial charge on any atom is -0.317 e. The second-order valence-electron chi connectivity index (χ2n) is 7.08. The van der Waals surface area contributed by atoms with Gasteiger partial charge in [-0.15, -0.1) is 12.4 Å². The highest BCUT2D eigenvalue weighted by Gasteiger charge is 2.38. The number of halogens is 1. The number of rotatable bonds is 4. The Morgan fingerprint density at radius 3 is 2.59 bits per heavy atom. The first-order chi connectivity index (χ1) is 10.1. The summed E-state index contributed by atoms with van der Waals surface area (Å²) in [6.45, 7) is 13.7. The van der Waals surface area contributed by atoms with Crippen molar-refractivity contribution in [2.45, 2.75) is 59.5 Å². The Morgan fingerprint density at radius 1 is 1.18 bits per heavy atom. The van der Waals surface area contributed by atoms with Crippen molar-refractivity contribution in [2.24, 2.45) is 5.41 Å². The zero-order valence-corrected chi connectivity index (χ0v) is 15.1. The van der Waals surface area contributed by atoms with Gasteiger partial charge in [-0.1, -0.05) is 6.92 Å². The summed E-state index contributed by atoms with van der Waals surface area (Å²) >= 11 is 0. The van der Waals surface area contributed by atoms with E-state index in [2.05, 4.69) is 35.7 Å². The molecule has 0 atom stereocenters. The molecule has 0 unspecified atom stereocenters. The van der Waals surface area contributed by atoms with E-state index in [1.54, 1.807) is 0 Å². The molecule has 3 rings (SSSR count). The fourth-order valence-electron chi connectivity index (χ4n) is 4.14. The van der Waals surface area contributed by atoms with E-state index in [-0.39, 0.29) is 12.4 Å². The molecule has 0 bridgehead atoms. The molecule has 1 N–H and O–H groups in total. The second kappa shape index (κ2) is 7.33. The van der Waals surface area contributed by atoms with Crippen LogP contribution in [0, 0.1) is 19.3 Å². The maximum absolute atomic E-state index is 4.73. The molecule has 3 heterocycles. The number of likely N-dealkylation sites (tertiary alicyclic amines) is 1. The molecule has 0 aliphatic carbocycles. The summed E-state index contributed by atoms with van der Waals surface area (Å²) in [5.41, 5.74) is 4.68. The lowest BCUT2D eigenvalue weighted by atomic mass is 9.78. The number of hydrogen-bond donors (Lipinski definition) is 1. The van der Waals surface area contributed by atoms with Crippen LogP contribution in [0.3, 0.4) is 0 Å². The van der Waals surface area contributed by atoms with Crippen molar-refractivity contribution >= 4 is 12.4 Å². The first-order valence-corrected chi connectivity index (χ1v) is 8.59. The van der Waals surface area contributed by atoms with E-state index in [1.165, 1.54) is 62.4 Å². The number of piperidine rings is 1. The van der Waals surface area contributed by atoms with Crippen LogP contribution in [0.25, 0.3) is 0 Å². The molecule has 1 aromatic rings. The maximum Gasteiger partial charge on any atom is 0.0641 e. The highest BCUT2D eigenvalue weighted by molar-refractivity contribution is 5.85. The van der Waals surface area contributed by atoms with Gasteiger partial charge in [0.2, 0.25) is 0 Å². The summed E-state index contributed by atoms with van der Waals surface area (Å²) in [5, 5.41) is 8.23. The van der Waals surface area contributed by atoms with Gasteiger partial charge in [0.15, 0.2) is 0 Å². The monoisotopic (exact) mass is 326 g/mol. The normalized spacial score (nSPS) is 21.2. The zero-order chi connectivity index (χ0) is 14.9.